The zero-order valence-electron chi connectivity index (χ0n) is 12.5. The van der Waals surface area contributed by atoms with Crippen molar-refractivity contribution in [1.82, 2.24) is 4.98 Å². The molecule has 0 fully saturated rings. The second-order valence-corrected chi connectivity index (χ2v) is 7.75. The smallest absolute Gasteiger partial charge is 0.421 e. The first kappa shape index (κ1) is 23.6. The molecular formula is C9H14F6N4O4S2. The van der Waals surface area contributed by atoms with Crippen LogP contribution in [-0.4, -0.2) is 39.4 Å². The van der Waals surface area contributed by atoms with Gasteiger partial charge in [-0.25, -0.2) is 26.4 Å². The van der Waals surface area contributed by atoms with Crippen LogP contribution in [0.1, 0.15) is 12.2 Å². The molecule has 8 nitrogen and oxygen atoms in total. The zero-order valence-corrected chi connectivity index (χ0v) is 14.1. The lowest BCUT2D eigenvalue weighted by atomic mass is 10.3. The van der Waals surface area contributed by atoms with Crippen molar-refractivity contribution in [3.63, 3.8) is 0 Å². The number of hydrogen-bond donors (Lipinski definition) is 2. The molecule has 1 heterocycles. The highest BCUT2D eigenvalue weighted by Crippen LogP contribution is 2.36. The number of nitrogens with two attached hydrogens (primary N) is 1. The molecule has 0 unspecified atom stereocenters. The van der Waals surface area contributed by atoms with Crippen LogP contribution in [0.5, 0.6) is 0 Å². The molecule has 0 bridgehead atoms. The van der Waals surface area contributed by atoms with Gasteiger partial charge in [0.05, 0.1) is 13.5 Å². The lowest BCUT2D eigenvalue weighted by molar-refractivity contribution is -0.677. The van der Waals surface area contributed by atoms with E-state index >= 15 is 0 Å². The summed E-state index contributed by atoms with van der Waals surface area (Å²) in [6, 6.07) is 0. The van der Waals surface area contributed by atoms with Gasteiger partial charge in [-0.15, -0.1) is 0 Å². The maximum absolute atomic E-state index is 11.4. The van der Waals surface area contributed by atoms with Crippen LogP contribution >= 0.6 is 0 Å². The van der Waals surface area contributed by atoms with Gasteiger partial charge in [-0.05, 0) is 13.0 Å². The largest absolute Gasteiger partial charge is 0.480 e. The quantitative estimate of drug-likeness (QED) is 0.538. The standard InChI is InChI=1S/C7H13N3.C2F6NO4S2/c1-10-6-5-9-7(10)3-2-4-8;3-1(4,5)14(10,11)9-15(12,13)2(6,7)8/h5-6H,2-4,8H2,1H3;/q;-1/p+1. The zero-order chi connectivity index (χ0) is 20.1. The van der Waals surface area contributed by atoms with Crippen LogP contribution in [0.25, 0.3) is 4.13 Å². The Balaban J connectivity index is 0.000000496. The van der Waals surface area contributed by atoms with Crippen LogP contribution in [-0.2, 0) is 33.5 Å². The first-order valence-electron chi connectivity index (χ1n) is 6.14. The number of aromatic nitrogens is 2. The second kappa shape index (κ2) is 8.33. The lowest BCUT2D eigenvalue weighted by Crippen LogP contribution is -2.30. The third-order valence-corrected chi connectivity index (χ3v) is 5.11. The fourth-order valence-corrected chi connectivity index (χ4v) is 2.88. The number of imidazole rings is 1. The maximum atomic E-state index is 11.4. The van der Waals surface area contributed by atoms with E-state index in [2.05, 4.69) is 9.55 Å². The van der Waals surface area contributed by atoms with E-state index in [9.17, 15) is 43.2 Å². The predicted octanol–water partition coefficient (Wildman–Crippen LogP) is 0.790. The van der Waals surface area contributed by atoms with Crippen molar-refractivity contribution in [1.29, 1.82) is 0 Å². The molecule has 0 aromatic carbocycles. The molecule has 0 amide bonds. The SMILES string of the molecule is C[n+]1cc[nH]c1CCCN.O=S(=O)([N-]S(=O)(=O)C(F)(F)F)C(F)(F)F. The van der Waals surface area contributed by atoms with Crippen LogP contribution in [0.15, 0.2) is 12.4 Å². The summed E-state index contributed by atoms with van der Waals surface area (Å²) in [5.41, 5.74) is -7.03. The van der Waals surface area contributed by atoms with Crippen molar-refractivity contribution in [2.24, 2.45) is 12.8 Å². The van der Waals surface area contributed by atoms with Crippen molar-refractivity contribution >= 4 is 20.0 Å². The van der Waals surface area contributed by atoms with Gasteiger partial charge in [0.1, 0.15) is 12.4 Å². The van der Waals surface area contributed by atoms with Crippen LogP contribution in [0, 0.1) is 0 Å². The van der Waals surface area contributed by atoms with Crippen molar-refractivity contribution in [3.8, 4) is 0 Å². The Morgan fingerprint density at radius 3 is 1.80 bits per heavy atom. The Kier molecular flexibility index (Phi) is 7.86. The van der Waals surface area contributed by atoms with E-state index in [1.165, 1.54) is 5.82 Å². The van der Waals surface area contributed by atoms with E-state index < -0.39 is 31.1 Å². The summed E-state index contributed by atoms with van der Waals surface area (Å²) in [6.45, 7) is 0.763. The number of H-pyrrole nitrogens is 1. The van der Waals surface area contributed by atoms with E-state index in [-0.39, 0.29) is 0 Å². The average molecular weight is 420 g/mol. The maximum Gasteiger partial charge on any atom is 0.480 e. The summed E-state index contributed by atoms with van der Waals surface area (Å²) in [5.74, 6) is 1.24. The van der Waals surface area contributed by atoms with Gasteiger partial charge in [0.25, 0.3) is 5.82 Å². The van der Waals surface area contributed by atoms with Crippen molar-refractivity contribution in [2.75, 3.05) is 6.54 Å². The van der Waals surface area contributed by atoms with E-state index in [1.54, 1.807) is 0 Å². The second-order valence-electron chi connectivity index (χ2n) is 4.33. The summed E-state index contributed by atoms with van der Waals surface area (Å²) in [4.78, 5) is 3.15. The molecule has 0 spiro atoms. The van der Waals surface area contributed by atoms with Gasteiger partial charge in [-0.3, -0.25) is 0 Å². The molecule has 1 rings (SSSR count). The molecule has 3 N–H and O–H groups in total. The van der Waals surface area contributed by atoms with Crippen molar-refractivity contribution < 1.29 is 47.7 Å². The molecule has 0 aliphatic heterocycles. The fraction of sp³-hybridized carbons (Fsp3) is 0.667. The highest BCUT2D eigenvalue weighted by molar-refractivity contribution is 8.13. The monoisotopic (exact) mass is 420 g/mol. The molecule has 1 aromatic rings. The predicted molar refractivity (Wildman–Crippen MR) is 72.7 cm³/mol. The summed E-state index contributed by atoms with van der Waals surface area (Å²) >= 11 is 0. The minimum Gasteiger partial charge on any atom is -0.421 e. The Bertz CT molecular complexity index is 712. The summed E-state index contributed by atoms with van der Waals surface area (Å²) in [6.07, 6.45) is 6.03. The number of nitrogens with zero attached hydrogens (tertiary/aromatic N) is 2. The number of aromatic amines is 1. The Morgan fingerprint density at radius 2 is 1.52 bits per heavy atom. The number of aryl methyl sites for hydroxylation is 2. The normalized spacial score (nSPS) is 13.3. The van der Waals surface area contributed by atoms with Crippen molar-refractivity contribution in [3.05, 3.63) is 22.3 Å². The lowest BCUT2D eigenvalue weighted by Gasteiger charge is -2.22. The number of rotatable bonds is 5. The summed E-state index contributed by atoms with van der Waals surface area (Å²) in [5, 5.41) is 0. The molecule has 0 saturated carbocycles. The van der Waals surface area contributed by atoms with Crippen molar-refractivity contribution in [2.45, 2.75) is 23.9 Å². The number of hydrogen-bond acceptors (Lipinski definition) is 5. The highest BCUT2D eigenvalue weighted by atomic mass is 32.3. The van der Waals surface area contributed by atoms with Crippen LogP contribution in [0.2, 0.25) is 0 Å². The van der Waals surface area contributed by atoms with Gasteiger partial charge < -0.3 is 9.86 Å². The molecule has 148 valence electrons. The fourth-order valence-electron chi connectivity index (χ4n) is 1.17. The molecule has 0 radical (unpaired) electrons. The summed E-state index contributed by atoms with van der Waals surface area (Å²) in [7, 11) is -11.4. The molecule has 0 aliphatic rings. The van der Waals surface area contributed by atoms with Gasteiger partial charge in [0.2, 0.25) is 0 Å². The summed E-state index contributed by atoms with van der Waals surface area (Å²) < 4.78 is 111. The van der Waals surface area contributed by atoms with Crippen LogP contribution in [0.3, 0.4) is 0 Å². The third-order valence-electron chi connectivity index (χ3n) is 2.37. The van der Waals surface area contributed by atoms with E-state index in [0.29, 0.717) is 0 Å². The van der Waals surface area contributed by atoms with Gasteiger partial charge in [-0.2, -0.15) is 26.3 Å². The molecule has 1 aromatic heterocycles. The van der Waals surface area contributed by atoms with Gasteiger partial charge in [-0.1, -0.05) is 0 Å². The van der Waals surface area contributed by atoms with Gasteiger partial charge in [0, 0.05) is 0 Å². The van der Waals surface area contributed by atoms with E-state index in [1.807, 2.05) is 19.4 Å². The van der Waals surface area contributed by atoms with Crippen LogP contribution in [0.4, 0.5) is 26.3 Å². The minimum atomic E-state index is -6.72. The molecule has 0 saturated heterocycles. The van der Waals surface area contributed by atoms with Gasteiger partial charge in [0.15, 0.2) is 20.0 Å². The van der Waals surface area contributed by atoms with E-state index in [0.717, 1.165) is 23.5 Å². The average Bonchev–Trinajstić information content (AvgIpc) is 2.78. The van der Waals surface area contributed by atoms with Gasteiger partial charge >= 0.3 is 11.0 Å². The highest BCUT2D eigenvalue weighted by Gasteiger charge is 2.46. The number of sulfonamides is 2. The topological polar surface area (TPSA) is 128 Å². The molecule has 0 aliphatic carbocycles. The molecule has 0 atom stereocenters. The first-order chi connectivity index (χ1) is 11.0. The molecule has 25 heavy (non-hydrogen) atoms. The number of alkyl halides is 6. The third kappa shape index (κ3) is 7.17. The Hall–Kier alpha value is -1.39. The number of nitrogens with one attached hydrogen (secondary N) is 1. The Morgan fingerprint density at radius 1 is 1.08 bits per heavy atom. The molecular weight excluding hydrogens is 406 g/mol. The van der Waals surface area contributed by atoms with E-state index in [4.69, 9.17) is 5.73 Å². The minimum absolute atomic E-state index is 0.763. The molecule has 16 heteroatoms. The van der Waals surface area contributed by atoms with Crippen LogP contribution < -0.4 is 10.3 Å². The number of halogens is 6. The Labute approximate surface area is 139 Å². The first-order valence-corrected chi connectivity index (χ1v) is 9.02.